The van der Waals surface area contributed by atoms with Crippen molar-refractivity contribution in [1.29, 1.82) is 0 Å². The van der Waals surface area contributed by atoms with E-state index in [1.807, 2.05) is 0 Å². The zero-order valence-corrected chi connectivity index (χ0v) is 11.7. The molecule has 0 aromatic carbocycles. The molecule has 3 fully saturated rings. The molecule has 2 nitrogen and oxygen atoms in total. The van der Waals surface area contributed by atoms with Gasteiger partial charge in [-0.1, -0.05) is 13.5 Å². The second-order valence-electron chi connectivity index (χ2n) is 7.32. The molecule has 0 aromatic rings. The Kier molecular flexibility index (Phi) is 2.46. The predicted octanol–water partition coefficient (Wildman–Crippen LogP) is 3.57. The molecule has 0 aliphatic heterocycles. The Labute approximate surface area is 110 Å². The van der Waals surface area contributed by atoms with Crippen molar-refractivity contribution in [3.05, 3.63) is 12.7 Å². The minimum atomic E-state index is -0.340. The fourth-order valence-electron chi connectivity index (χ4n) is 5.40. The average Bonchev–Trinajstić information content (AvgIpc) is 2.21. The van der Waals surface area contributed by atoms with Crippen LogP contribution in [0.5, 0.6) is 0 Å². The van der Waals surface area contributed by atoms with E-state index in [1.54, 1.807) is 0 Å². The molecule has 0 heterocycles. The number of ether oxygens (including phenoxy) is 1. The first kappa shape index (κ1) is 12.3. The molecule has 5 unspecified atom stereocenters. The summed E-state index contributed by atoms with van der Waals surface area (Å²) in [5, 5.41) is 0. The second kappa shape index (κ2) is 3.61. The molecule has 3 aliphatic rings. The number of carbonyl (C=O) groups is 1. The van der Waals surface area contributed by atoms with Crippen LogP contribution >= 0.6 is 0 Å². The van der Waals surface area contributed by atoms with Gasteiger partial charge in [-0.3, -0.25) is 0 Å². The average molecular weight is 248 g/mol. The van der Waals surface area contributed by atoms with Crippen LogP contribution in [0.15, 0.2) is 12.7 Å². The first-order valence-electron chi connectivity index (χ1n) is 7.25. The Morgan fingerprint density at radius 3 is 2.67 bits per heavy atom. The highest BCUT2D eigenvalue weighted by molar-refractivity contribution is 5.81. The molecule has 3 saturated carbocycles. The van der Waals surface area contributed by atoms with Gasteiger partial charge in [0.05, 0.1) is 0 Å². The topological polar surface area (TPSA) is 26.3 Å². The summed E-state index contributed by atoms with van der Waals surface area (Å²) >= 11 is 0. The summed E-state index contributed by atoms with van der Waals surface area (Å²) in [6.07, 6.45) is 6.58. The van der Waals surface area contributed by atoms with Gasteiger partial charge < -0.3 is 4.74 Å². The van der Waals surface area contributed by atoms with E-state index in [-0.39, 0.29) is 17.0 Å². The second-order valence-corrected chi connectivity index (χ2v) is 7.32. The zero-order chi connectivity index (χ0) is 13.1. The van der Waals surface area contributed by atoms with Gasteiger partial charge in [-0.2, -0.15) is 0 Å². The van der Waals surface area contributed by atoms with Crippen molar-refractivity contribution in [3.63, 3.8) is 0 Å². The standard InChI is InChI=1S/C16H24O2/c1-5-13(17)18-15(3,4)16-8-10(2)6-11-7-12(9-16)14(11)16/h5,10-12,14H,1,6-9H2,2-4H3. The van der Waals surface area contributed by atoms with Gasteiger partial charge in [-0.25, -0.2) is 4.79 Å². The molecule has 0 N–H and O–H groups in total. The van der Waals surface area contributed by atoms with Gasteiger partial charge in [0.2, 0.25) is 0 Å². The maximum absolute atomic E-state index is 11.6. The summed E-state index contributed by atoms with van der Waals surface area (Å²) in [6.45, 7) is 10.1. The van der Waals surface area contributed by atoms with Crippen LogP contribution in [0, 0.1) is 29.1 Å². The van der Waals surface area contributed by atoms with Crippen molar-refractivity contribution < 1.29 is 9.53 Å². The summed E-state index contributed by atoms with van der Waals surface area (Å²) in [5.74, 6) is 3.14. The molecule has 18 heavy (non-hydrogen) atoms. The van der Waals surface area contributed by atoms with Crippen molar-refractivity contribution in [1.82, 2.24) is 0 Å². The SMILES string of the molecule is C=CC(=O)OC(C)(C)C12CC(C)CC3CC(C1)C32. The molecule has 0 bridgehead atoms. The van der Waals surface area contributed by atoms with Gasteiger partial charge in [0.15, 0.2) is 0 Å². The third kappa shape index (κ3) is 1.38. The van der Waals surface area contributed by atoms with Crippen LogP contribution in [-0.4, -0.2) is 11.6 Å². The van der Waals surface area contributed by atoms with Crippen molar-refractivity contribution in [2.24, 2.45) is 29.1 Å². The van der Waals surface area contributed by atoms with Crippen molar-refractivity contribution in [2.75, 3.05) is 0 Å². The fourth-order valence-corrected chi connectivity index (χ4v) is 5.40. The molecular weight excluding hydrogens is 224 g/mol. The van der Waals surface area contributed by atoms with E-state index in [0.717, 1.165) is 23.7 Å². The molecule has 2 heteroatoms. The minimum Gasteiger partial charge on any atom is -0.456 e. The van der Waals surface area contributed by atoms with Gasteiger partial charge in [0.25, 0.3) is 0 Å². The molecule has 5 atom stereocenters. The minimum absolute atomic E-state index is 0.247. The lowest BCUT2D eigenvalue weighted by Gasteiger charge is -2.73. The number of hydrogen-bond acceptors (Lipinski definition) is 2. The molecule has 0 saturated heterocycles. The lowest BCUT2D eigenvalue weighted by Crippen LogP contribution is -2.70. The zero-order valence-electron chi connectivity index (χ0n) is 11.7. The first-order chi connectivity index (χ1) is 8.39. The van der Waals surface area contributed by atoms with E-state index < -0.39 is 0 Å². The lowest BCUT2D eigenvalue weighted by molar-refractivity contribution is -0.281. The molecule has 0 amide bonds. The van der Waals surface area contributed by atoms with E-state index >= 15 is 0 Å². The Balaban J connectivity index is 1.85. The Bertz CT molecular complexity index is 398. The van der Waals surface area contributed by atoms with Crippen LogP contribution in [0.4, 0.5) is 0 Å². The van der Waals surface area contributed by atoms with Crippen LogP contribution in [0.1, 0.15) is 46.5 Å². The van der Waals surface area contributed by atoms with Crippen molar-refractivity contribution in [2.45, 2.75) is 52.1 Å². The Hall–Kier alpha value is -0.790. The summed E-state index contributed by atoms with van der Waals surface area (Å²) < 4.78 is 5.71. The predicted molar refractivity (Wildman–Crippen MR) is 70.9 cm³/mol. The quantitative estimate of drug-likeness (QED) is 0.564. The van der Waals surface area contributed by atoms with Gasteiger partial charge in [0.1, 0.15) is 5.60 Å². The normalized spacial score (nSPS) is 45.3. The number of rotatable bonds is 3. The highest BCUT2D eigenvalue weighted by atomic mass is 16.6. The third-order valence-corrected chi connectivity index (χ3v) is 6.03. The molecule has 0 aromatic heterocycles. The maximum Gasteiger partial charge on any atom is 0.330 e. The molecule has 3 aliphatic carbocycles. The summed E-state index contributed by atoms with van der Waals surface area (Å²) in [4.78, 5) is 11.6. The Morgan fingerprint density at radius 2 is 2.06 bits per heavy atom. The number of esters is 1. The fraction of sp³-hybridized carbons (Fsp3) is 0.812. The smallest absolute Gasteiger partial charge is 0.330 e. The maximum atomic E-state index is 11.6. The van der Waals surface area contributed by atoms with Gasteiger partial charge in [0, 0.05) is 11.5 Å². The van der Waals surface area contributed by atoms with Gasteiger partial charge in [-0.05, 0) is 63.2 Å². The third-order valence-electron chi connectivity index (χ3n) is 6.03. The summed E-state index contributed by atoms with van der Waals surface area (Å²) in [5.41, 5.74) is -0.0935. The van der Waals surface area contributed by atoms with E-state index in [1.165, 1.54) is 31.8 Å². The van der Waals surface area contributed by atoms with E-state index in [4.69, 9.17) is 4.74 Å². The highest BCUT2D eigenvalue weighted by Gasteiger charge is 2.70. The summed E-state index contributed by atoms with van der Waals surface area (Å²) in [6, 6.07) is 0. The Morgan fingerprint density at radius 1 is 1.33 bits per heavy atom. The first-order valence-corrected chi connectivity index (χ1v) is 7.25. The van der Waals surface area contributed by atoms with Crippen molar-refractivity contribution >= 4 is 5.97 Å². The van der Waals surface area contributed by atoms with Crippen molar-refractivity contribution in [3.8, 4) is 0 Å². The molecule has 0 radical (unpaired) electrons. The molecule has 100 valence electrons. The van der Waals surface area contributed by atoms with E-state index in [2.05, 4.69) is 27.4 Å². The van der Waals surface area contributed by atoms with Gasteiger partial charge in [-0.15, -0.1) is 0 Å². The lowest BCUT2D eigenvalue weighted by atomic mass is 9.32. The van der Waals surface area contributed by atoms with Crippen LogP contribution in [0.3, 0.4) is 0 Å². The number of carbonyl (C=O) groups excluding carboxylic acids is 1. The summed E-state index contributed by atoms with van der Waals surface area (Å²) in [7, 11) is 0. The monoisotopic (exact) mass is 248 g/mol. The van der Waals surface area contributed by atoms with Crippen LogP contribution in [-0.2, 0) is 9.53 Å². The molecule has 0 spiro atoms. The molecular formula is C16H24O2. The van der Waals surface area contributed by atoms with Crippen LogP contribution in [0.2, 0.25) is 0 Å². The van der Waals surface area contributed by atoms with Gasteiger partial charge >= 0.3 is 5.97 Å². The largest absolute Gasteiger partial charge is 0.456 e. The molecule has 3 rings (SSSR count). The number of hydrogen-bond donors (Lipinski definition) is 0. The highest BCUT2D eigenvalue weighted by Crippen LogP contribution is 2.74. The van der Waals surface area contributed by atoms with E-state index in [9.17, 15) is 4.79 Å². The van der Waals surface area contributed by atoms with E-state index in [0.29, 0.717) is 0 Å². The van der Waals surface area contributed by atoms with Crippen LogP contribution in [0.25, 0.3) is 0 Å². The van der Waals surface area contributed by atoms with Crippen LogP contribution < -0.4 is 0 Å².